The summed E-state index contributed by atoms with van der Waals surface area (Å²) in [5, 5.41) is 2.37. The summed E-state index contributed by atoms with van der Waals surface area (Å²) in [4.78, 5) is 10.5. The largest absolute Gasteiger partial charge is 0.352 e. The van der Waals surface area contributed by atoms with Gasteiger partial charge in [-0.3, -0.25) is 4.79 Å². The van der Waals surface area contributed by atoms with Crippen molar-refractivity contribution in [2.45, 2.75) is 24.8 Å². The summed E-state index contributed by atoms with van der Waals surface area (Å²) in [6.07, 6.45) is -0.509. The second kappa shape index (κ2) is 2.93. The van der Waals surface area contributed by atoms with Crippen LogP contribution in [-0.2, 0) is 4.79 Å². The van der Waals surface area contributed by atoms with Crippen LogP contribution in [0.1, 0.15) is 12.8 Å². The molecule has 0 bridgehead atoms. The van der Waals surface area contributed by atoms with Crippen LogP contribution in [0.4, 0.5) is 8.78 Å². The van der Waals surface area contributed by atoms with Gasteiger partial charge in [0.1, 0.15) is 5.88 Å². The van der Waals surface area contributed by atoms with Crippen molar-refractivity contribution < 1.29 is 13.6 Å². The van der Waals surface area contributed by atoms with Crippen LogP contribution in [0.5, 0.6) is 0 Å². The zero-order valence-corrected chi connectivity index (χ0v) is 6.50. The van der Waals surface area contributed by atoms with E-state index >= 15 is 0 Å². The van der Waals surface area contributed by atoms with Crippen LogP contribution >= 0.6 is 11.6 Å². The summed E-state index contributed by atoms with van der Waals surface area (Å²) < 4.78 is 24.3. The second-order valence-electron chi connectivity index (χ2n) is 2.66. The molecule has 0 saturated heterocycles. The molecular weight excluding hydrogens is 176 g/mol. The van der Waals surface area contributed by atoms with Crippen LogP contribution in [-0.4, -0.2) is 23.8 Å². The van der Waals surface area contributed by atoms with Crippen LogP contribution in [0.15, 0.2) is 0 Å². The Morgan fingerprint density at radius 2 is 2.18 bits per heavy atom. The Morgan fingerprint density at radius 1 is 1.64 bits per heavy atom. The number of amides is 1. The lowest BCUT2D eigenvalue weighted by atomic mass is 9.88. The molecule has 0 aliphatic heterocycles. The third-order valence-corrected chi connectivity index (χ3v) is 1.82. The van der Waals surface area contributed by atoms with Crippen molar-refractivity contribution in [2.75, 3.05) is 5.88 Å². The van der Waals surface area contributed by atoms with Crippen molar-refractivity contribution in [1.29, 1.82) is 0 Å². The molecule has 5 heteroatoms. The molecule has 1 saturated carbocycles. The maximum absolute atomic E-state index is 12.2. The average molecular weight is 184 g/mol. The minimum Gasteiger partial charge on any atom is -0.352 e. The predicted molar refractivity (Wildman–Crippen MR) is 36.8 cm³/mol. The summed E-state index contributed by atoms with van der Waals surface area (Å²) >= 11 is 5.15. The van der Waals surface area contributed by atoms with E-state index in [9.17, 15) is 13.6 Å². The molecule has 0 heterocycles. The summed E-state index contributed by atoms with van der Waals surface area (Å²) in [6, 6.07) is -0.378. The smallest absolute Gasteiger partial charge is 0.252 e. The highest BCUT2D eigenvalue weighted by atomic mass is 35.5. The Labute approximate surface area is 67.9 Å². The van der Waals surface area contributed by atoms with Gasteiger partial charge in [0.15, 0.2) is 0 Å². The molecule has 0 aromatic carbocycles. The fourth-order valence-corrected chi connectivity index (χ4v) is 1.11. The molecule has 1 aliphatic carbocycles. The van der Waals surface area contributed by atoms with Crippen LogP contribution in [0, 0.1) is 0 Å². The molecule has 1 aliphatic rings. The third-order valence-electron chi connectivity index (χ3n) is 1.58. The standard InChI is InChI=1S/C6H8ClF2NO/c7-3-5(11)10-4-1-6(8,9)2-4/h4H,1-3H2,(H,10,11). The Kier molecular flexibility index (Phi) is 2.32. The zero-order valence-electron chi connectivity index (χ0n) is 5.74. The molecule has 1 N–H and O–H groups in total. The van der Waals surface area contributed by atoms with Gasteiger partial charge in [0.25, 0.3) is 5.92 Å². The molecule has 64 valence electrons. The first-order chi connectivity index (χ1) is 5.03. The molecule has 11 heavy (non-hydrogen) atoms. The van der Waals surface area contributed by atoms with E-state index < -0.39 is 5.92 Å². The minimum absolute atomic E-state index is 0.165. The Hall–Kier alpha value is -0.380. The average Bonchev–Trinajstić information content (AvgIpc) is 1.83. The van der Waals surface area contributed by atoms with Crippen LogP contribution in [0.25, 0.3) is 0 Å². The van der Waals surface area contributed by atoms with Crippen LogP contribution in [0.3, 0.4) is 0 Å². The van der Waals surface area contributed by atoms with Crippen molar-refractivity contribution in [3.63, 3.8) is 0 Å². The summed E-state index contributed by atoms with van der Waals surface area (Å²) in [6.45, 7) is 0. The normalized spacial score (nSPS) is 22.5. The topological polar surface area (TPSA) is 29.1 Å². The van der Waals surface area contributed by atoms with Gasteiger partial charge in [0.05, 0.1) is 0 Å². The van der Waals surface area contributed by atoms with Gasteiger partial charge in [-0.2, -0.15) is 0 Å². The van der Waals surface area contributed by atoms with Gasteiger partial charge in [0.2, 0.25) is 5.91 Å². The first-order valence-corrected chi connectivity index (χ1v) is 3.80. The number of carbonyl (C=O) groups excluding carboxylic acids is 1. The number of carbonyl (C=O) groups is 1. The minimum atomic E-state index is -2.58. The van der Waals surface area contributed by atoms with Gasteiger partial charge in [-0.25, -0.2) is 8.78 Å². The van der Waals surface area contributed by atoms with E-state index in [1.165, 1.54) is 0 Å². The van der Waals surface area contributed by atoms with E-state index in [4.69, 9.17) is 11.6 Å². The van der Waals surface area contributed by atoms with Gasteiger partial charge in [-0.15, -0.1) is 11.6 Å². The van der Waals surface area contributed by atoms with Crippen molar-refractivity contribution in [1.82, 2.24) is 5.32 Å². The summed E-state index contributed by atoms with van der Waals surface area (Å²) in [5.41, 5.74) is 0. The Morgan fingerprint density at radius 3 is 2.55 bits per heavy atom. The van der Waals surface area contributed by atoms with E-state index in [1.54, 1.807) is 0 Å². The molecule has 0 unspecified atom stereocenters. The monoisotopic (exact) mass is 183 g/mol. The van der Waals surface area contributed by atoms with Gasteiger partial charge in [-0.05, 0) is 0 Å². The lowest BCUT2D eigenvalue weighted by Crippen LogP contribution is -2.50. The number of rotatable bonds is 2. The maximum atomic E-state index is 12.2. The molecule has 0 spiro atoms. The number of hydrogen-bond donors (Lipinski definition) is 1. The molecule has 0 aromatic heterocycles. The molecule has 1 fully saturated rings. The number of alkyl halides is 3. The lowest BCUT2D eigenvalue weighted by molar-refractivity contribution is -0.126. The van der Waals surface area contributed by atoms with Gasteiger partial charge < -0.3 is 5.32 Å². The van der Waals surface area contributed by atoms with Gasteiger partial charge in [-0.1, -0.05) is 0 Å². The third kappa shape index (κ3) is 2.29. The summed E-state index contributed by atoms with van der Waals surface area (Å²) in [7, 11) is 0. The first kappa shape index (κ1) is 8.71. The molecule has 1 amide bonds. The molecule has 0 aromatic rings. The second-order valence-corrected chi connectivity index (χ2v) is 2.93. The highest BCUT2D eigenvalue weighted by Gasteiger charge is 2.45. The number of halogens is 3. The van der Waals surface area contributed by atoms with E-state index in [0.29, 0.717) is 0 Å². The maximum Gasteiger partial charge on any atom is 0.252 e. The van der Waals surface area contributed by atoms with Gasteiger partial charge in [0, 0.05) is 18.9 Å². The highest BCUT2D eigenvalue weighted by molar-refractivity contribution is 6.27. The SMILES string of the molecule is O=C(CCl)NC1CC(F)(F)C1. The zero-order chi connectivity index (χ0) is 8.48. The molecule has 0 radical (unpaired) electrons. The van der Waals surface area contributed by atoms with Crippen molar-refractivity contribution >= 4 is 17.5 Å². The highest BCUT2D eigenvalue weighted by Crippen LogP contribution is 2.37. The quantitative estimate of drug-likeness (QED) is 0.640. The van der Waals surface area contributed by atoms with E-state index in [1.807, 2.05) is 0 Å². The number of nitrogens with one attached hydrogen (secondary N) is 1. The van der Waals surface area contributed by atoms with Crippen molar-refractivity contribution in [3.05, 3.63) is 0 Å². The first-order valence-electron chi connectivity index (χ1n) is 3.27. The van der Waals surface area contributed by atoms with E-state index in [2.05, 4.69) is 5.32 Å². The number of hydrogen-bond acceptors (Lipinski definition) is 1. The van der Waals surface area contributed by atoms with Gasteiger partial charge >= 0.3 is 0 Å². The van der Waals surface area contributed by atoms with E-state index in [-0.39, 0.29) is 30.7 Å². The van der Waals surface area contributed by atoms with Crippen LogP contribution < -0.4 is 5.32 Å². The van der Waals surface area contributed by atoms with Crippen LogP contribution in [0.2, 0.25) is 0 Å². The Balaban J connectivity index is 2.19. The molecule has 1 rings (SSSR count). The fourth-order valence-electron chi connectivity index (χ4n) is 1.03. The predicted octanol–water partition coefficient (Wildman–Crippen LogP) is 1.14. The van der Waals surface area contributed by atoms with E-state index in [0.717, 1.165) is 0 Å². The summed E-state index contributed by atoms with van der Waals surface area (Å²) in [5.74, 6) is -3.13. The molecular formula is C6H8ClF2NO. The van der Waals surface area contributed by atoms with Crippen molar-refractivity contribution in [3.8, 4) is 0 Å². The molecule has 0 atom stereocenters. The fraction of sp³-hybridized carbons (Fsp3) is 0.833. The lowest BCUT2D eigenvalue weighted by Gasteiger charge is -2.35. The van der Waals surface area contributed by atoms with Crippen molar-refractivity contribution in [2.24, 2.45) is 0 Å². The Bertz CT molecular complexity index is 166. The molecule has 2 nitrogen and oxygen atoms in total.